The number of benzene rings is 2. The summed E-state index contributed by atoms with van der Waals surface area (Å²) in [6, 6.07) is 9.08. The van der Waals surface area contributed by atoms with E-state index in [2.05, 4.69) is 4.98 Å². The van der Waals surface area contributed by atoms with Crippen LogP contribution in [0.3, 0.4) is 0 Å². The molecule has 1 saturated carbocycles. The Morgan fingerprint density at radius 2 is 1.83 bits per heavy atom. The van der Waals surface area contributed by atoms with Crippen LogP contribution >= 0.6 is 0 Å². The highest BCUT2D eigenvalue weighted by atomic mass is 19.3. The summed E-state index contributed by atoms with van der Waals surface area (Å²) in [4.78, 5) is 44.0. The van der Waals surface area contributed by atoms with Crippen molar-refractivity contribution in [2.75, 3.05) is 0 Å². The maximum Gasteiger partial charge on any atom is 0.408 e. The van der Waals surface area contributed by atoms with Gasteiger partial charge in [-0.15, -0.1) is 0 Å². The van der Waals surface area contributed by atoms with Gasteiger partial charge < -0.3 is 10.8 Å². The van der Waals surface area contributed by atoms with Crippen molar-refractivity contribution in [2.45, 2.75) is 51.6 Å². The van der Waals surface area contributed by atoms with Gasteiger partial charge in [0.1, 0.15) is 5.82 Å². The summed E-state index contributed by atoms with van der Waals surface area (Å²) in [5, 5.41) is 9.88. The van der Waals surface area contributed by atoms with Crippen LogP contribution in [-0.2, 0) is 0 Å². The number of amides is 2. The quantitative estimate of drug-likeness (QED) is 0.528. The van der Waals surface area contributed by atoms with Gasteiger partial charge >= 0.3 is 6.09 Å². The molecule has 1 aliphatic carbocycles. The van der Waals surface area contributed by atoms with Gasteiger partial charge in [0.2, 0.25) is 5.91 Å². The molecule has 0 bridgehead atoms. The SMILES string of the molecule is CC(C)(C)N(C(=O)O)[C@H](c1nc2cccc(C(F)F)c2c(=O)n1-c1cccc(C(N)=O)c1)C1CC1. The number of carbonyl (C=O) groups is 2. The van der Waals surface area contributed by atoms with Crippen LogP contribution in [0.1, 0.15) is 67.8 Å². The second-order valence-electron chi connectivity index (χ2n) is 9.67. The van der Waals surface area contributed by atoms with Crippen LogP contribution in [0.4, 0.5) is 13.6 Å². The Labute approximate surface area is 200 Å². The second-order valence-corrected chi connectivity index (χ2v) is 9.67. The summed E-state index contributed by atoms with van der Waals surface area (Å²) in [6.07, 6.45) is -2.68. The molecule has 1 aliphatic rings. The van der Waals surface area contributed by atoms with E-state index in [9.17, 15) is 28.3 Å². The fourth-order valence-corrected chi connectivity index (χ4v) is 4.47. The standard InChI is InChI=1S/C25H26F2N4O4/c1-25(2,3)31(24(34)35)19(13-10-11-13)22-29-17-9-5-8-16(20(26)27)18(17)23(33)30(22)15-7-4-6-14(12-15)21(28)32/h4-9,12-13,19-20H,10-11H2,1-3H3,(H2,28,32)(H,34,35)/t19-/m0/s1. The second kappa shape index (κ2) is 8.75. The van der Waals surface area contributed by atoms with E-state index < -0.39 is 41.1 Å². The molecule has 3 aromatic rings. The smallest absolute Gasteiger partial charge is 0.408 e. The van der Waals surface area contributed by atoms with Crippen molar-refractivity contribution in [3.8, 4) is 5.69 Å². The van der Waals surface area contributed by atoms with Gasteiger partial charge in [-0.25, -0.2) is 18.6 Å². The van der Waals surface area contributed by atoms with Crippen molar-refractivity contribution in [2.24, 2.45) is 11.7 Å². The Balaban J connectivity index is 2.13. The van der Waals surface area contributed by atoms with E-state index in [1.54, 1.807) is 20.8 Å². The van der Waals surface area contributed by atoms with Crippen LogP contribution in [0.2, 0.25) is 0 Å². The lowest BCUT2D eigenvalue weighted by molar-refractivity contribution is 0.0581. The minimum atomic E-state index is -2.92. The van der Waals surface area contributed by atoms with Gasteiger partial charge in [-0.3, -0.25) is 19.1 Å². The molecule has 1 heterocycles. The van der Waals surface area contributed by atoms with Crippen LogP contribution in [0, 0.1) is 5.92 Å². The Hall–Kier alpha value is -3.82. The summed E-state index contributed by atoms with van der Waals surface area (Å²) in [5.41, 5.74) is 3.68. The monoisotopic (exact) mass is 484 g/mol. The van der Waals surface area contributed by atoms with Crippen LogP contribution in [-0.4, -0.2) is 37.1 Å². The molecule has 1 aromatic heterocycles. The predicted molar refractivity (Wildman–Crippen MR) is 126 cm³/mol. The molecule has 1 fully saturated rings. The summed E-state index contributed by atoms with van der Waals surface area (Å²) in [5.74, 6) is -0.738. The lowest BCUT2D eigenvalue weighted by Gasteiger charge is -2.40. The third-order valence-corrected chi connectivity index (χ3v) is 6.12. The number of alkyl halides is 2. The number of rotatable bonds is 6. The Morgan fingerprint density at radius 1 is 1.17 bits per heavy atom. The molecule has 0 saturated heterocycles. The van der Waals surface area contributed by atoms with Crippen molar-refractivity contribution in [3.63, 3.8) is 0 Å². The third kappa shape index (κ3) is 4.48. The topological polar surface area (TPSA) is 119 Å². The van der Waals surface area contributed by atoms with Crippen molar-refractivity contribution >= 4 is 22.9 Å². The number of hydrogen-bond donors (Lipinski definition) is 2. The van der Waals surface area contributed by atoms with Crippen molar-refractivity contribution in [1.82, 2.24) is 14.5 Å². The minimum Gasteiger partial charge on any atom is -0.465 e. The summed E-state index contributed by atoms with van der Waals surface area (Å²) >= 11 is 0. The van der Waals surface area contributed by atoms with Gasteiger partial charge in [-0.05, 0) is 63.8 Å². The number of nitrogens with zero attached hydrogens (tertiary/aromatic N) is 3. The van der Waals surface area contributed by atoms with E-state index in [0.29, 0.717) is 0 Å². The van der Waals surface area contributed by atoms with Gasteiger partial charge in [0, 0.05) is 16.7 Å². The number of primary amides is 1. The van der Waals surface area contributed by atoms with Crippen LogP contribution in [0.25, 0.3) is 16.6 Å². The molecule has 184 valence electrons. The van der Waals surface area contributed by atoms with Gasteiger partial charge in [0.05, 0.1) is 22.6 Å². The first-order valence-electron chi connectivity index (χ1n) is 11.2. The first kappa shape index (κ1) is 24.3. The van der Waals surface area contributed by atoms with E-state index in [-0.39, 0.29) is 33.9 Å². The highest BCUT2D eigenvalue weighted by Gasteiger charge is 2.45. The van der Waals surface area contributed by atoms with E-state index in [4.69, 9.17) is 5.73 Å². The maximum absolute atomic E-state index is 13.9. The Kier molecular flexibility index (Phi) is 6.08. The fourth-order valence-electron chi connectivity index (χ4n) is 4.47. The van der Waals surface area contributed by atoms with Crippen LogP contribution in [0.15, 0.2) is 47.3 Å². The molecule has 35 heavy (non-hydrogen) atoms. The molecule has 0 spiro atoms. The van der Waals surface area contributed by atoms with Gasteiger partial charge in [-0.2, -0.15) is 0 Å². The normalized spacial score (nSPS) is 14.8. The van der Waals surface area contributed by atoms with E-state index in [1.807, 2.05) is 0 Å². The average molecular weight is 485 g/mol. The van der Waals surface area contributed by atoms with Gasteiger partial charge in [0.25, 0.3) is 12.0 Å². The van der Waals surface area contributed by atoms with Crippen molar-refractivity contribution in [3.05, 3.63) is 69.8 Å². The highest BCUT2D eigenvalue weighted by molar-refractivity contribution is 5.93. The van der Waals surface area contributed by atoms with Gasteiger partial charge in [0.15, 0.2) is 0 Å². The third-order valence-electron chi connectivity index (χ3n) is 6.12. The van der Waals surface area contributed by atoms with Crippen LogP contribution in [0.5, 0.6) is 0 Å². The number of halogens is 2. The van der Waals surface area contributed by atoms with Crippen molar-refractivity contribution in [1.29, 1.82) is 0 Å². The van der Waals surface area contributed by atoms with E-state index >= 15 is 0 Å². The van der Waals surface area contributed by atoms with E-state index in [1.165, 1.54) is 41.3 Å². The number of carbonyl (C=O) groups excluding carboxylic acids is 1. The fraction of sp³-hybridized carbons (Fsp3) is 0.360. The number of carboxylic acid groups (broad SMARTS) is 1. The Morgan fingerprint density at radius 3 is 2.37 bits per heavy atom. The zero-order chi connectivity index (χ0) is 25.7. The molecule has 10 heteroatoms. The molecule has 2 aromatic carbocycles. The first-order chi connectivity index (χ1) is 16.4. The summed E-state index contributed by atoms with van der Waals surface area (Å²) < 4.78 is 28.8. The van der Waals surface area contributed by atoms with Crippen molar-refractivity contribution < 1.29 is 23.5 Å². The molecule has 4 rings (SSSR count). The molecule has 3 N–H and O–H groups in total. The molecule has 8 nitrogen and oxygen atoms in total. The molecule has 0 unspecified atom stereocenters. The van der Waals surface area contributed by atoms with Crippen LogP contribution < -0.4 is 11.3 Å². The Bertz CT molecular complexity index is 1380. The summed E-state index contributed by atoms with van der Waals surface area (Å²) in [7, 11) is 0. The van der Waals surface area contributed by atoms with Gasteiger partial charge in [-0.1, -0.05) is 18.2 Å². The highest BCUT2D eigenvalue weighted by Crippen LogP contribution is 2.47. The molecular formula is C25H26F2N4O4. The molecule has 1 atom stereocenters. The lowest BCUT2D eigenvalue weighted by atomic mass is 9.99. The average Bonchev–Trinajstić information content (AvgIpc) is 3.60. The molecule has 2 amide bonds. The number of fused-ring (bicyclic) bond motifs is 1. The van der Waals surface area contributed by atoms with E-state index in [0.717, 1.165) is 23.5 Å². The minimum absolute atomic E-state index is 0.0509. The number of nitrogens with two attached hydrogens (primary N) is 1. The number of aromatic nitrogens is 2. The number of hydrogen-bond acceptors (Lipinski definition) is 4. The largest absolute Gasteiger partial charge is 0.465 e. The zero-order valence-corrected chi connectivity index (χ0v) is 19.5. The maximum atomic E-state index is 13.9. The lowest BCUT2D eigenvalue weighted by Crippen LogP contribution is -2.49. The predicted octanol–water partition coefficient (Wildman–Crippen LogP) is 4.65. The summed E-state index contributed by atoms with van der Waals surface area (Å²) in [6.45, 7) is 5.22. The first-order valence-corrected chi connectivity index (χ1v) is 11.2. The molecular weight excluding hydrogens is 458 g/mol. The molecule has 0 radical (unpaired) electrons. The molecule has 0 aliphatic heterocycles. The zero-order valence-electron chi connectivity index (χ0n) is 19.5.